The molecule has 78 valence electrons. The van der Waals surface area contributed by atoms with Gasteiger partial charge in [0.1, 0.15) is 5.82 Å². The van der Waals surface area contributed by atoms with Gasteiger partial charge in [-0.05, 0) is 43.9 Å². The minimum Gasteiger partial charge on any atom is -0.319 e. The molecule has 1 aliphatic rings. The molecule has 0 unspecified atom stereocenters. The van der Waals surface area contributed by atoms with Crippen LogP contribution in [0.1, 0.15) is 30.7 Å². The molecule has 0 aromatic carbocycles. The lowest BCUT2D eigenvalue weighted by atomic mass is 9.77. The average molecular weight is 201 g/mol. The van der Waals surface area contributed by atoms with Gasteiger partial charge < -0.3 is 10.1 Å². The molecule has 0 atom stereocenters. The zero-order chi connectivity index (χ0) is 10.5. The summed E-state index contributed by atoms with van der Waals surface area (Å²) in [5, 5.41) is 0. The quantitative estimate of drug-likeness (QED) is 0.766. The van der Waals surface area contributed by atoms with E-state index in [9.17, 15) is 0 Å². The molecular weight excluding hydrogens is 186 g/mol. The van der Waals surface area contributed by atoms with Crippen molar-refractivity contribution in [2.75, 3.05) is 0 Å². The molecule has 0 spiro atoms. The molecule has 2 N–H and O–H groups in total. The predicted molar refractivity (Wildman–Crippen MR) is 59.6 cm³/mol. The highest BCUT2D eigenvalue weighted by molar-refractivity contribution is 5.49. The van der Waals surface area contributed by atoms with Crippen LogP contribution in [0.2, 0.25) is 0 Å². The predicted octanol–water partition coefficient (Wildman–Crippen LogP) is 1.98. The first kappa shape index (κ1) is 8.92. The second kappa shape index (κ2) is 2.83. The summed E-state index contributed by atoms with van der Waals surface area (Å²) >= 11 is 0. The highest BCUT2D eigenvalue weighted by atomic mass is 15.1. The fourth-order valence-electron chi connectivity index (χ4n) is 2.26. The lowest BCUT2D eigenvalue weighted by molar-refractivity contribution is 0.237. The highest BCUT2D eigenvalue weighted by Gasteiger charge is 2.37. The molecule has 0 saturated heterocycles. The molecule has 0 amide bonds. The van der Waals surface area contributed by atoms with Gasteiger partial charge >= 0.3 is 0 Å². The fraction of sp³-hybridized carbons (Fsp3) is 0.417. The van der Waals surface area contributed by atoms with Crippen LogP contribution in [0.5, 0.6) is 0 Å². The third-order valence-electron chi connectivity index (χ3n) is 3.38. The van der Waals surface area contributed by atoms with Crippen molar-refractivity contribution in [2.45, 2.75) is 31.7 Å². The van der Waals surface area contributed by atoms with E-state index >= 15 is 0 Å². The molecule has 0 bridgehead atoms. The molecule has 0 aliphatic heterocycles. The zero-order valence-corrected chi connectivity index (χ0v) is 8.90. The Kier molecular flexibility index (Phi) is 1.68. The van der Waals surface area contributed by atoms with Gasteiger partial charge in [-0.15, -0.1) is 0 Å². The van der Waals surface area contributed by atoms with Crippen LogP contribution in [0.25, 0.3) is 5.52 Å². The van der Waals surface area contributed by atoms with E-state index in [0.29, 0.717) is 0 Å². The molecule has 0 radical (unpaired) electrons. The van der Waals surface area contributed by atoms with E-state index in [1.54, 1.807) is 0 Å². The van der Waals surface area contributed by atoms with E-state index in [1.807, 2.05) is 6.20 Å². The van der Waals surface area contributed by atoms with Crippen LogP contribution in [-0.4, -0.2) is 9.38 Å². The number of pyridine rings is 1. The second-order valence-electron chi connectivity index (χ2n) is 4.59. The number of nitrogens with zero attached hydrogens (tertiary/aromatic N) is 2. The first-order chi connectivity index (χ1) is 7.19. The van der Waals surface area contributed by atoms with Crippen LogP contribution < -0.4 is 5.73 Å². The monoisotopic (exact) mass is 201 g/mol. The van der Waals surface area contributed by atoms with Crippen molar-refractivity contribution < 1.29 is 0 Å². The lowest BCUT2D eigenvalue weighted by Crippen LogP contribution is -2.44. The van der Waals surface area contributed by atoms with Crippen LogP contribution in [0, 0.1) is 6.92 Å². The van der Waals surface area contributed by atoms with Crippen molar-refractivity contribution in [2.24, 2.45) is 5.73 Å². The Morgan fingerprint density at radius 1 is 1.47 bits per heavy atom. The van der Waals surface area contributed by atoms with E-state index in [2.05, 4.69) is 34.6 Å². The van der Waals surface area contributed by atoms with E-state index < -0.39 is 0 Å². The summed E-state index contributed by atoms with van der Waals surface area (Å²) in [6, 6.07) is 4.23. The number of hydrogen-bond donors (Lipinski definition) is 1. The van der Waals surface area contributed by atoms with E-state index in [0.717, 1.165) is 24.2 Å². The van der Waals surface area contributed by atoms with E-state index in [4.69, 9.17) is 5.73 Å². The van der Waals surface area contributed by atoms with Crippen molar-refractivity contribution in [3.8, 4) is 0 Å². The van der Waals surface area contributed by atoms with Gasteiger partial charge in [-0.2, -0.15) is 0 Å². The Labute approximate surface area is 88.9 Å². The SMILES string of the molecule is Cc1ccn2c(C3(N)CCC3)ncc2c1. The first-order valence-electron chi connectivity index (χ1n) is 5.42. The smallest absolute Gasteiger partial charge is 0.133 e. The average Bonchev–Trinajstić information content (AvgIpc) is 2.57. The molecule has 2 heterocycles. The fourth-order valence-corrected chi connectivity index (χ4v) is 2.26. The summed E-state index contributed by atoms with van der Waals surface area (Å²) in [7, 11) is 0. The third-order valence-corrected chi connectivity index (χ3v) is 3.38. The standard InChI is InChI=1S/C12H15N3/c1-9-3-6-15-10(7-9)8-14-11(15)12(13)4-2-5-12/h3,6-8H,2,4-5,13H2,1H3. The summed E-state index contributed by atoms with van der Waals surface area (Å²) < 4.78 is 2.12. The van der Waals surface area contributed by atoms with E-state index in [1.165, 1.54) is 12.0 Å². The van der Waals surface area contributed by atoms with Crippen molar-refractivity contribution in [1.29, 1.82) is 0 Å². The third kappa shape index (κ3) is 1.20. The van der Waals surface area contributed by atoms with Crippen LogP contribution in [-0.2, 0) is 5.54 Å². The van der Waals surface area contributed by atoms with E-state index in [-0.39, 0.29) is 5.54 Å². The number of rotatable bonds is 1. The Hall–Kier alpha value is -1.35. The van der Waals surface area contributed by atoms with Gasteiger partial charge in [-0.1, -0.05) is 0 Å². The molecule has 15 heavy (non-hydrogen) atoms. The van der Waals surface area contributed by atoms with Crippen LogP contribution in [0.15, 0.2) is 24.5 Å². The maximum atomic E-state index is 6.29. The highest BCUT2D eigenvalue weighted by Crippen LogP contribution is 2.37. The molecule has 3 heteroatoms. The molecular formula is C12H15N3. The maximum absolute atomic E-state index is 6.29. The number of aromatic nitrogens is 2. The second-order valence-corrected chi connectivity index (χ2v) is 4.59. The Morgan fingerprint density at radius 2 is 2.27 bits per heavy atom. The summed E-state index contributed by atoms with van der Waals surface area (Å²) in [5.74, 6) is 1.02. The van der Waals surface area contributed by atoms with Crippen molar-refractivity contribution in [3.63, 3.8) is 0 Å². The van der Waals surface area contributed by atoms with Gasteiger partial charge in [0.15, 0.2) is 0 Å². The van der Waals surface area contributed by atoms with Crippen LogP contribution >= 0.6 is 0 Å². The minimum atomic E-state index is -0.179. The van der Waals surface area contributed by atoms with Gasteiger partial charge in [0.25, 0.3) is 0 Å². The van der Waals surface area contributed by atoms with Gasteiger partial charge in [0, 0.05) is 6.20 Å². The summed E-state index contributed by atoms with van der Waals surface area (Å²) in [6.45, 7) is 2.09. The maximum Gasteiger partial charge on any atom is 0.133 e. The minimum absolute atomic E-state index is 0.179. The lowest BCUT2D eigenvalue weighted by Gasteiger charge is -2.36. The number of imidazole rings is 1. The van der Waals surface area contributed by atoms with Crippen LogP contribution in [0.4, 0.5) is 0 Å². The molecule has 2 aromatic rings. The topological polar surface area (TPSA) is 43.3 Å². The summed E-state index contributed by atoms with van der Waals surface area (Å²) in [5.41, 5.74) is 8.51. The Balaban J connectivity index is 2.20. The number of nitrogens with two attached hydrogens (primary N) is 1. The Bertz CT molecular complexity index is 509. The molecule has 1 saturated carbocycles. The van der Waals surface area contributed by atoms with Crippen molar-refractivity contribution in [3.05, 3.63) is 35.9 Å². The molecule has 3 rings (SSSR count). The van der Waals surface area contributed by atoms with Gasteiger partial charge in [-0.25, -0.2) is 4.98 Å². The molecule has 2 aromatic heterocycles. The van der Waals surface area contributed by atoms with Gasteiger partial charge in [0.05, 0.1) is 17.3 Å². The number of fused-ring (bicyclic) bond motifs is 1. The van der Waals surface area contributed by atoms with Crippen molar-refractivity contribution in [1.82, 2.24) is 9.38 Å². The number of hydrogen-bond acceptors (Lipinski definition) is 2. The molecule has 1 fully saturated rings. The van der Waals surface area contributed by atoms with Crippen LogP contribution in [0.3, 0.4) is 0 Å². The summed E-state index contributed by atoms with van der Waals surface area (Å²) in [6.07, 6.45) is 7.31. The molecule has 1 aliphatic carbocycles. The molecule has 3 nitrogen and oxygen atoms in total. The Morgan fingerprint density at radius 3 is 2.93 bits per heavy atom. The summed E-state index contributed by atoms with van der Waals surface area (Å²) in [4.78, 5) is 4.47. The van der Waals surface area contributed by atoms with Gasteiger partial charge in [0.2, 0.25) is 0 Å². The number of aryl methyl sites for hydroxylation is 1. The largest absolute Gasteiger partial charge is 0.319 e. The normalized spacial score (nSPS) is 19.1. The van der Waals surface area contributed by atoms with Crippen molar-refractivity contribution >= 4 is 5.52 Å². The van der Waals surface area contributed by atoms with Gasteiger partial charge in [-0.3, -0.25) is 0 Å². The zero-order valence-electron chi connectivity index (χ0n) is 8.90. The first-order valence-corrected chi connectivity index (χ1v) is 5.42.